The first-order valence-electron chi connectivity index (χ1n) is 9.82. The Labute approximate surface area is 156 Å². The molecule has 0 spiro atoms. The van der Waals surface area contributed by atoms with E-state index in [1.807, 2.05) is 12.1 Å². The molecule has 1 aromatic carbocycles. The van der Waals surface area contributed by atoms with Crippen LogP contribution in [-0.2, 0) is 16.0 Å². The van der Waals surface area contributed by atoms with Crippen LogP contribution in [0.1, 0.15) is 48.0 Å². The summed E-state index contributed by atoms with van der Waals surface area (Å²) >= 11 is 0. The molecule has 0 radical (unpaired) electrons. The van der Waals surface area contributed by atoms with Crippen molar-refractivity contribution in [1.82, 2.24) is 10.2 Å². The average Bonchev–Trinajstić information content (AvgIpc) is 3.51. The lowest BCUT2D eigenvalue weighted by atomic mass is 9.89. The van der Waals surface area contributed by atoms with Gasteiger partial charge in [0.05, 0.1) is 0 Å². The summed E-state index contributed by atoms with van der Waals surface area (Å²) in [5.74, 6) is 1.32. The van der Waals surface area contributed by atoms with Crippen molar-refractivity contribution < 1.29 is 14.3 Å². The Morgan fingerprint density at radius 2 is 1.81 bits per heavy atom. The predicted molar refractivity (Wildman–Crippen MR) is 101 cm³/mol. The molecule has 0 unspecified atom stereocenters. The van der Waals surface area contributed by atoms with Crippen LogP contribution in [0.3, 0.4) is 0 Å². The Balaban J connectivity index is 1.41. The van der Waals surface area contributed by atoms with E-state index in [-0.39, 0.29) is 5.91 Å². The summed E-state index contributed by atoms with van der Waals surface area (Å²) in [5, 5.41) is 2.91. The zero-order valence-corrected chi connectivity index (χ0v) is 15.7. The first-order chi connectivity index (χ1) is 12.7. The van der Waals surface area contributed by atoms with Gasteiger partial charge in [-0.3, -0.25) is 9.59 Å². The van der Waals surface area contributed by atoms with Gasteiger partial charge in [0.1, 0.15) is 0 Å². The van der Waals surface area contributed by atoms with Crippen LogP contribution in [0.25, 0.3) is 0 Å². The number of likely N-dealkylation sites (tertiary alicyclic amines) is 1. The monoisotopic (exact) mass is 358 g/mol. The molecule has 1 heterocycles. The maximum Gasteiger partial charge on any atom is 0.251 e. The van der Waals surface area contributed by atoms with Gasteiger partial charge in [-0.25, -0.2) is 0 Å². The molecule has 0 atom stereocenters. The quantitative estimate of drug-likeness (QED) is 0.727. The number of nitrogens with zero attached hydrogens (tertiary/aromatic N) is 1. The second kappa shape index (κ2) is 9.17. The zero-order chi connectivity index (χ0) is 18.4. The predicted octanol–water partition coefficient (Wildman–Crippen LogP) is 2.64. The molecule has 1 aliphatic carbocycles. The number of benzene rings is 1. The van der Waals surface area contributed by atoms with Crippen molar-refractivity contribution in [3.8, 4) is 0 Å². The number of methoxy groups -OCH3 is 1. The van der Waals surface area contributed by atoms with Gasteiger partial charge in [-0.05, 0) is 62.1 Å². The summed E-state index contributed by atoms with van der Waals surface area (Å²) in [4.78, 5) is 26.3. The highest BCUT2D eigenvalue weighted by Gasteiger charge is 2.34. The molecule has 2 aliphatic rings. The van der Waals surface area contributed by atoms with Crippen molar-refractivity contribution in [2.24, 2.45) is 11.8 Å². The molecule has 1 aliphatic heterocycles. The van der Waals surface area contributed by atoms with E-state index < -0.39 is 0 Å². The molecular formula is C21H30N2O3. The molecule has 0 bridgehead atoms. The average molecular weight is 358 g/mol. The van der Waals surface area contributed by atoms with Crippen LogP contribution in [0.15, 0.2) is 24.3 Å². The van der Waals surface area contributed by atoms with Crippen molar-refractivity contribution in [1.29, 1.82) is 0 Å². The normalized spacial score (nSPS) is 18.0. The molecule has 1 N–H and O–H groups in total. The SMILES string of the molecule is COCCCNC(=O)c1ccc(CC2CCN(C(=O)C3CC3)CC2)cc1. The molecule has 3 rings (SSSR count). The highest BCUT2D eigenvalue weighted by atomic mass is 16.5. The van der Waals surface area contributed by atoms with Crippen LogP contribution in [0, 0.1) is 11.8 Å². The molecule has 26 heavy (non-hydrogen) atoms. The number of hydrogen-bond acceptors (Lipinski definition) is 3. The smallest absolute Gasteiger partial charge is 0.251 e. The number of nitrogens with one attached hydrogen (secondary N) is 1. The van der Waals surface area contributed by atoms with E-state index in [0.29, 0.717) is 36.5 Å². The third kappa shape index (κ3) is 5.31. The zero-order valence-electron chi connectivity index (χ0n) is 15.7. The number of carbonyl (C=O) groups excluding carboxylic acids is 2. The Morgan fingerprint density at radius 3 is 2.42 bits per heavy atom. The molecule has 5 heteroatoms. The van der Waals surface area contributed by atoms with Gasteiger partial charge in [0.2, 0.25) is 5.91 Å². The number of amides is 2. The van der Waals surface area contributed by atoms with E-state index in [1.54, 1.807) is 7.11 Å². The number of hydrogen-bond donors (Lipinski definition) is 1. The number of rotatable bonds is 8. The summed E-state index contributed by atoms with van der Waals surface area (Å²) in [5.41, 5.74) is 1.98. The van der Waals surface area contributed by atoms with Crippen molar-refractivity contribution >= 4 is 11.8 Å². The lowest BCUT2D eigenvalue weighted by molar-refractivity contribution is -0.133. The third-order valence-electron chi connectivity index (χ3n) is 5.40. The Hall–Kier alpha value is -1.88. The Bertz CT molecular complexity index is 602. The van der Waals surface area contributed by atoms with Gasteiger partial charge in [0.15, 0.2) is 0 Å². The molecule has 1 saturated heterocycles. The second-order valence-electron chi connectivity index (χ2n) is 7.55. The Kier molecular flexibility index (Phi) is 6.67. The van der Waals surface area contributed by atoms with Gasteiger partial charge < -0.3 is 15.0 Å². The fourth-order valence-electron chi connectivity index (χ4n) is 3.59. The van der Waals surface area contributed by atoms with Gasteiger partial charge in [-0.15, -0.1) is 0 Å². The van der Waals surface area contributed by atoms with E-state index >= 15 is 0 Å². The summed E-state index contributed by atoms with van der Waals surface area (Å²) in [6, 6.07) is 7.94. The van der Waals surface area contributed by atoms with Crippen molar-refractivity contribution in [3.63, 3.8) is 0 Å². The minimum absolute atomic E-state index is 0.0282. The topological polar surface area (TPSA) is 58.6 Å². The van der Waals surface area contributed by atoms with Crippen molar-refractivity contribution in [3.05, 3.63) is 35.4 Å². The number of piperidine rings is 1. The van der Waals surface area contributed by atoms with Gasteiger partial charge >= 0.3 is 0 Å². The summed E-state index contributed by atoms with van der Waals surface area (Å²) in [7, 11) is 1.66. The maximum absolute atomic E-state index is 12.1. The van der Waals surface area contributed by atoms with Gasteiger partial charge in [0.25, 0.3) is 5.91 Å². The summed E-state index contributed by atoms with van der Waals surface area (Å²) < 4.78 is 4.98. The minimum Gasteiger partial charge on any atom is -0.385 e. The fourth-order valence-corrected chi connectivity index (χ4v) is 3.59. The molecule has 2 amide bonds. The van der Waals surface area contributed by atoms with Gasteiger partial charge in [-0.1, -0.05) is 12.1 Å². The highest BCUT2D eigenvalue weighted by Crippen LogP contribution is 2.32. The van der Waals surface area contributed by atoms with Crippen LogP contribution < -0.4 is 5.32 Å². The van der Waals surface area contributed by atoms with E-state index in [9.17, 15) is 9.59 Å². The molecule has 1 aromatic rings. The number of carbonyl (C=O) groups is 2. The van der Waals surface area contributed by atoms with Crippen LogP contribution in [0.4, 0.5) is 0 Å². The van der Waals surface area contributed by atoms with Crippen molar-refractivity contribution in [2.75, 3.05) is 33.4 Å². The standard InChI is InChI=1S/C21H30N2O3/c1-26-14-2-11-22-20(24)18-5-3-16(4-6-18)15-17-9-12-23(13-10-17)21(25)19-7-8-19/h3-6,17,19H,2,7-15H2,1H3,(H,22,24). The minimum atomic E-state index is -0.0282. The van der Waals surface area contributed by atoms with Crippen LogP contribution in [-0.4, -0.2) is 50.1 Å². The first-order valence-corrected chi connectivity index (χ1v) is 9.82. The van der Waals surface area contributed by atoms with Crippen LogP contribution in [0.5, 0.6) is 0 Å². The van der Waals surface area contributed by atoms with Gasteiger partial charge in [-0.2, -0.15) is 0 Å². The number of ether oxygens (including phenoxy) is 1. The highest BCUT2D eigenvalue weighted by molar-refractivity contribution is 5.94. The Morgan fingerprint density at radius 1 is 1.12 bits per heavy atom. The molecule has 1 saturated carbocycles. The molecule has 142 valence electrons. The second-order valence-corrected chi connectivity index (χ2v) is 7.55. The molecular weight excluding hydrogens is 328 g/mol. The van der Waals surface area contributed by atoms with E-state index in [0.717, 1.165) is 51.6 Å². The maximum atomic E-state index is 12.1. The fraction of sp³-hybridized carbons (Fsp3) is 0.619. The van der Waals surface area contributed by atoms with Crippen LogP contribution in [0.2, 0.25) is 0 Å². The summed E-state index contributed by atoms with van der Waals surface area (Å²) in [6.45, 7) is 3.10. The molecule has 2 fully saturated rings. The first kappa shape index (κ1) is 18.9. The third-order valence-corrected chi connectivity index (χ3v) is 5.40. The van der Waals surface area contributed by atoms with Gasteiger partial charge in [0, 0.05) is 44.8 Å². The lowest BCUT2D eigenvalue weighted by Crippen LogP contribution is -2.39. The van der Waals surface area contributed by atoms with E-state index in [2.05, 4.69) is 22.3 Å². The van der Waals surface area contributed by atoms with E-state index in [4.69, 9.17) is 4.74 Å². The van der Waals surface area contributed by atoms with E-state index in [1.165, 1.54) is 5.56 Å². The van der Waals surface area contributed by atoms with Crippen LogP contribution >= 0.6 is 0 Å². The van der Waals surface area contributed by atoms with Crippen molar-refractivity contribution in [2.45, 2.75) is 38.5 Å². The summed E-state index contributed by atoms with van der Waals surface area (Å²) in [6.07, 6.45) is 6.19. The lowest BCUT2D eigenvalue weighted by Gasteiger charge is -2.32. The largest absolute Gasteiger partial charge is 0.385 e. The molecule has 0 aromatic heterocycles. The molecule has 5 nitrogen and oxygen atoms in total.